The lowest BCUT2D eigenvalue weighted by atomic mass is 10.2. The molecule has 0 atom stereocenters. The molecule has 0 amide bonds. The molecule has 1 fully saturated rings. The fraction of sp³-hybridized carbons (Fsp3) is 0.727. The summed E-state index contributed by atoms with van der Waals surface area (Å²) in [6.45, 7) is 3.17. The Morgan fingerprint density at radius 3 is 3.00 bits per heavy atom. The van der Waals surface area contributed by atoms with E-state index in [2.05, 4.69) is 22.6 Å². The molecule has 4 heteroatoms. The number of thiazole rings is 1. The minimum Gasteiger partial charge on any atom is -0.313 e. The van der Waals surface area contributed by atoms with Crippen LogP contribution in [0.1, 0.15) is 31.4 Å². The lowest BCUT2D eigenvalue weighted by Crippen LogP contribution is -2.27. The summed E-state index contributed by atoms with van der Waals surface area (Å²) in [5.74, 6) is 1.14. The van der Waals surface area contributed by atoms with E-state index in [9.17, 15) is 0 Å². The van der Waals surface area contributed by atoms with Gasteiger partial charge in [-0.25, -0.2) is 4.98 Å². The van der Waals surface area contributed by atoms with Gasteiger partial charge in [0.2, 0.25) is 0 Å². The van der Waals surface area contributed by atoms with Gasteiger partial charge in [-0.1, -0.05) is 24.6 Å². The van der Waals surface area contributed by atoms with Gasteiger partial charge >= 0.3 is 0 Å². The monoisotopic (exact) mass is 242 g/mol. The Morgan fingerprint density at radius 1 is 1.53 bits per heavy atom. The summed E-state index contributed by atoms with van der Waals surface area (Å²) in [5, 5.41) is 5.73. The molecule has 15 heavy (non-hydrogen) atoms. The van der Waals surface area contributed by atoms with Gasteiger partial charge in [0, 0.05) is 29.4 Å². The van der Waals surface area contributed by atoms with Crippen LogP contribution >= 0.6 is 23.1 Å². The highest BCUT2D eigenvalue weighted by Gasteiger charge is 2.13. The van der Waals surface area contributed by atoms with Gasteiger partial charge in [-0.05, 0) is 19.8 Å². The molecule has 0 spiro atoms. The van der Waals surface area contributed by atoms with Crippen LogP contribution in [-0.2, 0) is 0 Å². The molecule has 1 N–H and O–H groups in total. The molecule has 0 radical (unpaired) electrons. The minimum absolute atomic E-state index is 0.795. The molecule has 1 aliphatic carbocycles. The fourth-order valence-electron chi connectivity index (χ4n) is 1.93. The Kier molecular flexibility index (Phi) is 4.47. The van der Waals surface area contributed by atoms with Crippen LogP contribution in [0.5, 0.6) is 0 Å². The fourth-order valence-corrected chi connectivity index (χ4v) is 3.72. The number of hydrogen-bond acceptors (Lipinski definition) is 4. The highest BCUT2D eigenvalue weighted by molar-refractivity contribution is 8.01. The lowest BCUT2D eigenvalue weighted by Gasteiger charge is -2.10. The van der Waals surface area contributed by atoms with Crippen LogP contribution in [0.15, 0.2) is 9.72 Å². The number of aryl methyl sites for hydroxylation is 1. The van der Waals surface area contributed by atoms with E-state index in [0.29, 0.717) is 0 Å². The van der Waals surface area contributed by atoms with Crippen molar-refractivity contribution in [2.45, 2.75) is 43.0 Å². The third-order valence-corrected chi connectivity index (χ3v) is 4.85. The largest absolute Gasteiger partial charge is 0.313 e. The van der Waals surface area contributed by atoms with Gasteiger partial charge in [0.05, 0.1) is 0 Å². The molecular formula is C11H18N2S2. The summed E-state index contributed by atoms with van der Waals surface area (Å²) in [7, 11) is 0. The molecule has 1 aromatic rings. The quantitative estimate of drug-likeness (QED) is 0.634. The van der Waals surface area contributed by atoms with Crippen molar-refractivity contribution in [2.75, 3.05) is 12.3 Å². The molecule has 0 aliphatic heterocycles. The Balaban J connectivity index is 1.58. The smallest absolute Gasteiger partial charge is 0.150 e. The summed E-state index contributed by atoms with van der Waals surface area (Å²) in [6.07, 6.45) is 5.58. The number of nitrogens with one attached hydrogen (secondary N) is 1. The van der Waals surface area contributed by atoms with Gasteiger partial charge < -0.3 is 5.32 Å². The Morgan fingerprint density at radius 2 is 2.33 bits per heavy atom. The van der Waals surface area contributed by atoms with Gasteiger partial charge in [-0.3, -0.25) is 0 Å². The third-order valence-electron chi connectivity index (χ3n) is 2.71. The molecule has 0 aromatic carbocycles. The highest BCUT2D eigenvalue weighted by Crippen LogP contribution is 2.22. The van der Waals surface area contributed by atoms with Gasteiger partial charge in [0.15, 0.2) is 0 Å². The first-order chi connectivity index (χ1) is 7.34. The van der Waals surface area contributed by atoms with Crippen LogP contribution in [0.2, 0.25) is 0 Å². The van der Waals surface area contributed by atoms with Crippen LogP contribution in [0, 0.1) is 6.92 Å². The standard InChI is InChI=1S/C11H18N2S2/c1-9-8-15-11(13-9)14-7-6-12-10-4-2-3-5-10/h8,10,12H,2-7H2,1H3. The topological polar surface area (TPSA) is 24.9 Å². The summed E-state index contributed by atoms with van der Waals surface area (Å²) >= 11 is 3.63. The van der Waals surface area contributed by atoms with E-state index < -0.39 is 0 Å². The molecule has 0 unspecified atom stereocenters. The van der Waals surface area contributed by atoms with Crippen LogP contribution in [0.4, 0.5) is 0 Å². The predicted molar refractivity (Wildman–Crippen MR) is 67.8 cm³/mol. The number of rotatable bonds is 5. The first-order valence-corrected chi connectivity index (χ1v) is 7.49. The normalized spacial score (nSPS) is 17.4. The maximum Gasteiger partial charge on any atom is 0.150 e. The van der Waals surface area contributed by atoms with Gasteiger partial charge in [-0.15, -0.1) is 11.3 Å². The van der Waals surface area contributed by atoms with Crippen molar-refractivity contribution in [1.29, 1.82) is 0 Å². The average molecular weight is 242 g/mol. The van der Waals surface area contributed by atoms with E-state index >= 15 is 0 Å². The number of hydrogen-bond donors (Lipinski definition) is 1. The number of thioether (sulfide) groups is 1. The van der Waals surface area contributed by atoms with Gasteiger partial charge in [-0.2, -0.15) is 0 Å². The zero-order chi connectivity index (χ0) is 10.5. The van der Waals surface area contributed by atoms with Gasteiger partial charge in [0.1, 0.15) is 4.34 Å². The second-order valence-corrected chi connectivity index (χ2v) is 6.24. The first kappa shape index (κ1) is 11.4. The van der Waals surface area contributed by atoms with Crippen LogP contribution in [-0.4, -0.2) is 23.3 Å². The number of nitrogens with zero attached hydrogens (tertiary/aromatic N) is 1. The molecule has 1 aromatic heterocycles. The van der Waals surface area contributed by atoms with E-state index in [1.54, 1.807) is 11.3 Å². The van der Waals surface area contributed by atoms with Gasteiger partial charge in [0.25, 0.3) is 0 Å². The van der Waals surface area contributed by atoms with Crippen LogP contribution < -0.4 is 5.32 Å². The molecule has 2 rings (SSSR count). The van der Waals surface area contributed by atoms with Crippen LogP contribution in [0.3, 0.4) is 0 Å². The van der Waals surface area contributed by atoms with Crippen molar-refractivity contribution < 1.29 is 0 Å². The van der Waals surface area contributed by atoms with E-state index in [0.717, 1.165) is 24.0 Å². The predicted octanol–water partition coefficient (Wildman–Crippen LogP) is 3.08. The molecular weight excluding hydrogens is 224 g/mol. The maximum atomic E-state index is 4.43. The second-order valence-electron chi connectivity index (χ2n) is 4.04. The summed E-state index contributed by atoms with van der Waals surface area (Å²) in [6, 6.07) is 0.795. The Hall–Kier alpha value is -0.0600. The van der Waals surface area contributed by atoms with Crippen molar-refractivity contribution in [2.24, 2.45) is 0 Å². The van der Waals surface area contributed by atoms with Crippen molar-refractivity contribution in [3.8, 4) is 0 Å². The Labute approximate surface area is 99.9 Å². The van der Waals surface area contributed by atoms with Crippen molar-refractivity contribution >= 4 is 23.1 Å². The molecule has 0 bridgehead atoms. The molecule has 84 valence electrons. The van der Waals surface area contributed by atoms with E-state index in [4.69, 9.17) is 0 Å². The highest BCUT2D eigenvalue weighted by atomic mass is 32.2. The average Bonchev–Trinajstić information content (AvgIpc) is 2.84. The molecule has 1 saturated carbocycles. The third kappa shape index (κ3) is 3.78. The maximum absolute atomic E-state index is 4.43. The zero-order valence-corrected chi connectivity index (χ0v) is 10.8. The zero-order valence-electron chi connectivity index (χ0n) is 9.16. The first-order valence-electron chi connectivity index (χ1n) is 5.63. The summed E-state index contributed by atoms with van der Waals surface area (Å²) in [5.41, 5.74) is 1.14. The lowest BCUT2D eigenvalue weighted by molar-refractivity contribution is 0.545. The van der Waals surface area contributed by atoms with E-state index in [-0.39, 0.29) is 0 Å². The molecule has 0 saturated heterocycles. The van der Waals surface area contributed by atoms with Crippen molar-refractivity contribution in [3.63, 3.8) is 0 Å². The van der Waals surface area contributed by atoms with Crippen molar-refractivity contribution in [1.82, 2.24) is 10.3 Å². The minimum atomic E-state index is 0.795. The molecule has 2 nitrogen and oxygen atoms in total. The van der Waals surface area contributed by atoms with Crippen molar-refractivity contribution in [3.05, 3.63) is 11.1 Å². The SMILES string of the molecule is Cc1csc(SCCNC2CCCC2)n1. The molecule has 1 heterocycles. The van der Waals surface area contributed by atoms with E-state index in [1.165, 1.54) is 30.0 Å². The Bertz CT molecular complexity index is 293. The summed E-state index contributed by atoms with van der Waals surface area (Å²) in [4.78, 5) is 4.43. The van der Waals surface area contributed by atoms with Crippen LogP contribution in [0.25, 0.3) is 0 Å². The second kappa shape index (κ2) is 5.87. The number of aromatic nitrogens is 1. The summed E-state index contributed by atoms with van der Waals surface area (Å²) < 4.78 is 1.21. The molecule has 1 aliphatic rings. The van der Waals surface area contributed by atoms with E-state index in [1.807, 2.05) is 11.8 Å².